The van der Waals surface area contributed by atoms with Crippen molar-refractivity contribution in [3.05, 3.63) is 42.4 Å². The van der Waals surface area contributed by atoms with Crippen molar-refractivity contribution in [2.75, 3.05) is 0 Å². The summed E-state index contributed by atoms with van der Waals surface area (Å²) in [5.41, 5.74) is 8.00. The van der Waals surface area contributed by atoms with Crippen LogP contribution >= 0.6 is 0 Å². The quantitative estimate of drug-likeness (QED) is 0.793. The van der Waals surface area contributed by atoms with Gasteiger partial charge in [0.05, 0.1) is 6.33 Å². The van der Waals surface area contributed by atoms with Crippen LogP contribution in [-0.4, -0.2) is 28.0 Å². The first-order valence-electron chi connectivity index (χ1n) is 6.89. The molecule has 1 saturated carbocycles. The molecule has 0 bridgehead atoms. The van der Waals surface area contributed by atoms with E-state index in [2.05, 4.69) is 15.3 Å². The molecule has 0 radical (unpaired) electrons. The number of nitrogens with zero attached hydrogens (tertiary/aromatic N) is 1. The van der Waals surface area contributed by atoms with Crippen LogP contribution in [0.5, 0.6) is 0 Å². The second-order valence-corrected chi connectivity index (χ2v) is 5.24. The van der Waals surface area contributed by atoms with Crippen LogP contribution in [0.2, 0.25) is 0 Å². The lowest BCUT2D eigenvalue weighted by molar-refractivity contribution is 0.0934. The number of nitrogens with one attached hydrogen (secondary N) is 2. The largest absolute Gasteiger partial charge is 0.348 e. The third-order valence-corrected chi connectivity index (χ3v) is 3.72. The second-order valence-electron chi connectivity index (χ2n) is 5.24. The van der Waals surface area contributed by atoms with Crippen molar-refractivity contribution in [2.24, 2.45) is 5.73 Å². The Bertz CT molecular complexity index is 593. The molecule has 1 fully saturated rings. The van der Waals surface area contributed by atoms with Gasteiger partial charge in [0.15, 0.2) is 0 Å². The minimum Gasteiger partial charge on any atom is -0.348 e. The summed E-state index contributed by atoms with van der Waals surface area (Å²) in [6, 6.07) is 10.1. The fourth-order valence-corrected chi connectivity index (χ4v) is 2.69. The van der Waals surface area contributed by atoms with Crippen LogP contribution in [-0.2, 0) is 0 Å². The zero-order valence-electron chi connectivity index (χ0n) is 11.2. The molecule has 0 saturated heterocycles. The molecule has 1 aromatic carbocycles. The molecule has 3 rings (SSSR count). The van der Waals surface area contributed by atoms with Gasteiger partial charge < -0.3 is 16.0 Å². The number of H-pyrrole nitrogens is 1. The predicted molar refractivity (Wildman–Crippen MR) is 77.1 cm³/mol. The van der Waals surface area contributed by atoms with E-state index in [4.69, 9.17) is 5.73 Å². The summed E-state index contributed by atoms with van der Waals surface area (Å²) in [4.78, 5) is 19.5. The first-order chi connectivity index (χ1) is 9.74. The van der Waals surface area contributed by atoms with Crippen molar-refractivity contribution in [2.45, 2.75) is 31.3 Å². The predicted octanol–water partition coefficient (Wildman–Crippen LogP) is 1.69. The van der Waals surface area contributed by atoms with Gasteiger partial charge in [-0.1, -0.05) is 30.3 Å². The molecule has 1 aromatic heterocycles. The van der Waals surface area contributed by atoms with Gasteiger partial charge in [-0.15, -0.1) is 0 Å². The zero-order valence-corrected chi connectivity index (χ0v) is 11.2. The van der Waals surface area contributed by atoms with Gasteiger partial charge in [0, 0.05) is 17.6 Å². The topological polar surface area (TPSA) is 83.8 Å². The lowest BCUT2D eigenvalue weighted by Crippen LogP contribution is -2.34. The van der Waals surface area contributed by atoms with Crippen LogP contribution in [0.1, 0.15) is 29.8 Å². The van der Waals surface area contributed by atoms with Crippen molar-refractivity contribution in [3.8, 4) is 11.3 Å². The van der Waals surface area contributed by atoms with E-state index < -0.39 is 0 Å². The Morgan fingerprint density at radius 1 is 1.30 bits per heavy atom. The molecule has 1 amide bonds. The van der Waals surface area contributed by atoms with E-state index in [1.807, 2.05) is 30.3 Å². The number of aromatic nitrogens is 2. The van der Waals surface area contributed by atoms with Crippen molar-refractivity contribution >= 4 is 5.91 Å². The fraction of sp³-hybridized carbons (Fsp3) is 0.333. The second kappa shape index (κ2) is 5.46. The Hall–Kier alpha value is -2.14. The maximum absolute atomic E-state index is 12.3. The van der Waals surface area contributed by atoms with Gasteiger partial charge in [-0.25, -0.2) is 4.98 Å². The van der Waals surface area contributed by atoms with Gasteiger partial charge in [-0.3, -0.25) is 4.79 Å². The van der Waals surface area contributed by atoms with Crippen molar-refractivity contribution in [1.82, 2.24) is 15.3 Å². The van der Waals surface area contributed by atoms with Crippen molar-refractivity contribution in [1.29, 1.82) is 0 Å². The average molecular weight is 270 g/mol. The van der Waals surface area contributed by atoms with Crippen LogP contribution < -0.4 is 11.1 Å². The van der Waals surface area contributed by atoms with Gasteiger partial charge in [-0.2, -0.15) is 0 Å². The highest BCUT2D eigenvalue weighted by Gasteiger charge is 2.25. The Morgan fingerprint density at radius 3 is 2.80 bits per heavy atom. The summed E-state index contributed by atoms with van der Waals surface area (Å²) in [5.74, 6) is -0.111. The molecule has 5 nitrogen and oxygen atoms in total. The molecule has 1 aliphatic rings. The molecule has 4 N–H and O–H groups in total. The molecule has 2 aromatic rings. The third kappa shape index (κ3) is 2.58. The standard InChI is InChI=1S/C15H18N4O/c16-11-6-7-12(8-11)19-15(20)14-13(17-9-18-14)10-4-2-1-3-5-10/h1-5,9,11-12H,6-8,16H2,(H,17,18)(H,19,20)/t11-,12-/m0/s1. The monoisotopic (exact) mass is 270 g/mol. The smallest absolute Gasteiger partial charge is 0.270 e. The van der Waals surface area contributed by atoms with Gasteiger partial charge in [-0.05, 0) is 19.3 Å². The minimum absolute atomic E-state index is 0.111. The van der Waals surface area contributed by atoms with Gasteiger partial charge >= 0.3 is 0 Å². The molecule has 2 atom stereocenters. The van der Waals surface area contributed by atoms with Crippen LogP contribution in [0.3, 0.4) is 0 Å². The van der Waals surface area contributed by atoms with Crippen LogP contribution in [0.25, 0.3) is 11.3 Å². The number of aromatic amines is 1. The van der Waals surface area contributed by atoms with E-state index in [9.17, 15) is 4.79 Å². The summed E-state index contributed by atoms with van der Waals surface area (Å²) in [5, 5.41) is 3.03. The van der Waals surface area contributed by atoms with Crippen LogP contribution in [0.15, 0.2) is 36.7 Å². The summed E-state index contributed by atoms with van der Waals surface area (Å²) in [7, 11) is 0. The maximum atomic E-state index is 12.3. The average Bonchev–Trinajstić information content (AvgIpc) is 3.09. The SMILES string of the molecule is N[C@H]1CC[C@H](NC(=O)c2[nH]cnc2-c2ccccc2)C1. The molecule has 0 spiro atoms. The fourth-order valence-electron chi connectivity index (χ4n) is 2.69. The number of benzene rings is 1. The summed E-state index contributed by atoms with van der Waals surface area (Å²) in [6.45, 7) is 0. The number of amides is 1. The van der Waals surface area contributed by atoms with Crippen molar-refractivity contribution < 1.29 is 4.79 Å². The summed E-state index contributed by atoms with van der Waals surface area (Å²) < 4.78 is 0. The van der Waals surface area contributed by atoms with E-state index in [1.165, 1.54) is 0 Å². The molecule has 0 aliphatic heterocycles. The number of imidazole rings is 1. The first kappa shape index (κ1) is 12.9. The Kier molecular flexibility index (Phi) is 3.52. The van der Waals surface area contributed by atoms with Gasteiger partial charge in [0.2, 0.25) is 0 Å². The number of nitrogens with two attached hydrogens (primary N) is 1. The van der Waals surface area contributed by atoms with Crippen LogP contribution in [0, 0.1) is 0 Å². The van der Waals surface area contributed by atoms with Gasteiger partial charge in [0.25, 0.3) is 5.91 Å². The highest BCUT2D eigenvalue weighted by molar-refractivity contribution is 5.98. The first-order valence-corrected chi connectivity index (χ1v) is 6.89. The highest BCUT2D eigenvalue weighted by atomic mass is 16.2. The molecular weight excluding hydrogens is 252 g/mol. The number of rotatable bonds is 3. The molecule has 1 aliphatic carbocycles. The lowest BCUT2D eigenvalue weighted by Gasteiger charge is -2.12. The van der Waals surface area contributed by atoms with E-state index >= 15 is 0 Å². The van der Waals surface area contributed by atoms with E-state index in [1.54, 1.807) is 6.33 Å². The van der Waals surface area contributed by atoms with E-state index in [0.29, 0.717) is 11.4 Å². The summed E-state index contributed by atoms with van der Waals surface area (Å²) in [6.07, 6.45) is 4.32. The van der Waals surface area contributed by atoms with Gasteiger partial charge in [0.1, 0.15) is 11.4 Å². The van der Waals surface area contributed by atoms with E-state index in [0.717, 1.165) is 24.8 Å². The molecule has 5 heteroatoms. The number of carbonyl (C=O) groups excluding carboxylic acids is 1. The summed E-state index contributed by atoms with van der Waals surface area (Å²) >= 11 is 0. The Balaban J connectivity index is 1.78. The van der Waals surface area contributed by atoms with Crippen LogP contribution in [0.4, 0.5) is 0 Å². The molecule has 1 heterocycles. The third-order valence-electron chi connectivity index (χ3n) is 3.72. The normalized spacial score (nSPS) is 21.9. The number of hydrogen-bond acceptors (Lipinski definition) is 3. The maximum Gasteiger partial charge on any atom is 0.270 e. The minimum atomic E-state index is -0.111. The number of carbonyl (C=O) groups is 1. The molecule has 20 heavy (non-hydrogen) atoms. The zero-order chi connectivity index (χ0) is 13.9. The molecular formula is C15H18N4O. The number of hydrogen-bond donors (Lipinski definition) is 3. The molecule has 0 unspecified atom stereocenters. The highest BCUT2D eigenvalue weighted by Crippen LogP contribution is 2.21. The Morgan fingerprint density at radius 2 is 2.10 bits per heavy atom. The van der Waals surface area contributed by atoms with E-state index in [-0.39, 0.29) is 18.0 Å². The van der Waals surface area contributed by atoms with Crippen molar-refractivity contribution in [3.63, 3.8) is 0 Å². The lowest BCUT2D eigenvalue weighted by atomic mass is 10.1. The Labute approximate surface area is 117 Å². The molecule has 104 valence electrons.